The van der Waals surface area contributed by atoms with Gasteiger partial charge in [0.1, 0.15) is 0 Å². The molecular weight excluding hydrogens is 180 g/mol. The zero-order valence-electron chi connectivity index (χ0n) is 7.18. The second-order valence-corrected chi connectivity index (χ2v) is 2.91. The Morgan fingerprint density at radius 1 is 1.14 bits per heavy atom. The summed E-state index contributed by atoms with van der Waals surface area (Å²) in [7, 11) is 0. The Balaban J connectivity index is 2.33. The van der Waals surface area contributed by atoms with Gasteiger partial charge in [-0.3, -0.25) is 0 Å². The fraction of sp³-hybridized carbons (Fsp3) is 0. The second-order valence-electron chi connectivity index (χ2n) is 2.91. The van der Waals surface area contributed by atoms with Crippen molar-refractivity contribution < 1.29 is 8.94 Å². The second kappa shape index (κ2) is 2.70. The van der Waals surface area contributed by atoms with Gasteiger partial charge in [0.05, 0.1) is 6.26 Å². The molecule has 1 aromatic carbocycles. The molecule has 0 atom stereocenters. The van der Waals surface area contributed by atoms with Crippen molar-refractivity contribution in [1.29, 1.82) is 0 Å². The normalized spacial score (nSPS) is 10.9. The highest BCUT2D eigenvalue weighted by Crippen LogP contribution is 2.27. The first-order chi connectivity index (χ1) is 6.95. The number of rotatable bonds is 1. The number of furan rings is 1. The van der Waals surface area contributed by atoms with Gasteiger partial charge in [-0.1, -0.05) is 29.4 Å². The topological polar surface area (TPSA) is 52.1 Å². The average Bonchev–Trinajstić information content (AvgIpc) is 2.85. The van der Waals surface area contributed by atoms with Crippen molar-refractivity contribution in [2.75, 3.05) is 0 Å². The molecule has 14 heavy (non-hydrogen) atoms. The van der Waals surface area contributed by atoms with Crippen LogP contribution in [-0.4, -0.2) is 10.1 Å². The van der Waals surface area contributed by atoms with Gasteiger partial charge in [-0.2, -0.15) is 4.98 Å². The monoisotopic (exact) mass is 186 g/mol. The molecule has 0 aliphatic carbocycles. The Morgan fingerprint density at radius 2 is 2.07 bits per heavy atom. The van der Waals surface area contributed by atoms with Gasteiger partial charge in [0.15, 0.2) is 5.76 Å². The number of hydrogen-bond donors (Lipinski definition) is 0. The Kier molecular flexibility index (Phi) is 1.41. The molecule has 0 saturated heterocycles. The van der Waals surface area contributed by atoms with E-state index in [2.05, 4.69) is 14.7 Å². The summed E-state index contributed by atoms with van der Waals surface area (Å²) in [5, 5.41) is 5.76. The third kappa shape index (κ3) is 0.939. The van der Waals surface area contributed by atoms with Crippen LogP contribution >= 0.6 is 0 Å². The molecule has 0 radical (unpaired) electrons. The van der Waals surface area contributed by atoms with Crippen LogP contribution in [-0.2, 0) is 0 Å². The van der Waals surface area contributed by atoms with Crippen molar-refractivity contribution in [3.8, 4) is 11.6 Å². The van der Waals surface area contributed by atoms with E-state index in [1.54, 1.807) is 6.26 Å². The van der Waals surface area contributed by atoms with Crippen LogP contribution in [0.3, 0.4) is 0 Å². The van der Waals surface area contributed by atoms with Gasteiger partial charge in [-0.15, -0.1) is 0 Å². The SMILES string of the molecule is c1ccc2c(-c3ncon3)occ2c1. The van der Waals surface area contributed by atoms with E-state index in [9.17, 15) is 0 Å². The van der Waals surface area contributed by atoms with Crippen LogP contribution < -0.4 is 0 Å². The van der Waals surface area contributed by atoms with E-state index in [0.717, 1.165) is 10.8 Å². The number of benzene rings is 1. The van der Waals surface area contributed by atoms with E-state index < -0.39 is 0 Å². The number of nitrogens with zero attached hydrogens (tertiary/aromatic N) is 2. The maximum atomic E-state index is 5.37. The van der Waals surface area contributed by atoms with Crippen LogP contribution in [0.4, 0.5) is 0 Å². The predicted molar refractivity (Wildman–Crippen MR) is 49.5 cm³/mol. The molecule has 2 heterocycles. The molecule has 0 saturated carbocycles. The third-order valence-electron chi connectivity index (χ3n) is 2.07. The fourth-order valence-electron chi connectivity index (χ4n) is 1.44. The zero-order chi connectivity index (χ0) is 9.38. The first kappa shape index (κ1) is 7.32. The lowest BCUT2D eigenvalue weighted by Gasteiger charge is -1.88. The first-order valence-electron chi connectivity index (χ1n) is 4.18. The molecule has 0 aliphatic rings. The number of fused-ring (bicyclic) bond motifs is 1. The van der Waals surface area contributed by atoms with Crippen LogP contribution in [0.1, 0.15) is 0 Å². The quantitative estimate of drug-likeness (QED) is 0.585. The van der Waals surface area contributed by atoms with E-state index in [0.29, 0.717) is 11.6 Å². The van der Waals surface area contributed by atoms with Crippen molar-refractivity contribution in [2.24, 2.45) is 0 Å². The van der Waals surface area contributed by atoms with Crippen molar-refractivity contribution in [2.45, 2.75) is 0 Å². The summed E-state index contributed by atoms with van der Waals surface area (Å²) in [5.74, 6) is 1.13. The van der Waals surface area contributed by atoms with E-state index in [1.165, 1.54) is 6.39 Å². The highest BCUT2D eigenvalue weighted by atomic mass is 16.5. The summed E-state index contributed by atoms with van der Waals surface area (Å²) in [4.78, 5) is 3.94. The lowest BCUT2D eigenvalue weighted by molar-refractivity contribution is 0.416. The summed E-state index contributed by atoms with van der Waals surface area (Å²) in [6.07, 6.45) is 2.97. The summed E-state index contributed by atoms with van der Waals surface area (Å²) in [6, 6.07) is 7.84. The molecular formula is C10H6N2O2. The molecule has 0 amide bonds. The zero-order valence-corrected chi connectivity index (χ0v) is 7.18. The number of hydrogen-bond acceptors (Lipinski definition) is 4. The molecule has 0 N–H and O–H groups in total. The molecule has 0 spiro atoms. The Hall–Kier alpha value is -2.10. The van der Waals surface area contributed by atoms with Crippen LogP contribution in [0, 0.1) is 0 Å². The molecule has 4 heteroatoms. The Morgan fingerprint density at radius 3 is 2.93 bits per heavy atom. The Labute approximate surface area is 79.1 Å². The molecule has 68 valence electrons. The van der Waals surface area contributed by atoms with Crippen molar-refractivity contribution in [3.63, 3.8) is 0 Å². The van der Waals surface area contributed by atoms with Crippen molar-refractivity contribution in [3.05, 3.63) is 36.9 Å². The van der Waals surface area contributed by atoms with Gasteiger partial charge in [0.25, 0.3) is 0 Å². The molecule has 0 fully saturated rings. The smallest absolute Gasteiger partial charge is 0.238 e. The average molecular weight is 186 g/mol. The minimum Gasteiger partial charge on any atom is -0.460 e. The molecule has 3 aromatic rings. The lowest BCUT2D eigenvalue weighted by Crippen LogP contribution is -1.76. The minimum absolute atomic E-state index is 0.478. The number of aromatic nitrogens is 2. The van der Waals surface area contributed by atoms with Crippen molar-refractivity contribution >= 4 is 10.8 Å². The highest BCUT2D eigenvalue weighted by molar-refractivity contribution is 5.92. The van der Waals surface area contributed by atoms with Crippen LogP contribution in [0.2, 0.25) is 0 Å². The van der Waals surface area contributed by atoms with Crippen LogP contribution in [0.15, 0.2) is 45.9 Å². The maximum Gasteiger partial charge on any atom is 0.238 e. The van der Waals surface area contributed by atoms with E-state index >= 15 is 0 Å². The van der Waals surface area contributed by atoms with Gasteiger partial charge < -0.3 is 8.94 Å². The third-order valence-corrected chi connectivity index (χ3v) is 2.07. The summed E-state index contributed by atoms with van der Waals surface area (Å²) < 4.78 is 10.0. The lowest BCUT2D eigenvalue weighted by atomic mass is 10.2. The fourth-order valence-corrected chi connectivity index (χ4v) is 1.44. The molecule has 3 rings (SSSR count). The first-order valence-corrected chi connectivity index (χ1v) is 4.18. The summed E-state index contributed by atoms with van der Waals surface area (Å²) in [6.45, 7) is 0. The molecule has 2 aromatic heterocycles. The van der Waals surface area contributed by atoms with Gasteiger partial charge >= 0.3 is 0 Å². The van der Waals surface area contributed by atoms with Crippen molar-refractivity contribution in [1.82, 2.24) is 10.1 Å². The van der Waals surface area contributed by atoms with Gasteiger partial charge in [-0.05, 0) is 0 Å². The minimum atomic E-state index is 0.478. The van der Waals surface area contributed by atoms with E-state index in [-0.39, 0.29) is 0 Å². The molecule has 0 bridgehead atoms. The molecule has 4 nitrogen and oxygen atoms in total. The highest BCUT2D eigenvalue weighted by Gasteiger charge is 2.11. The summed E-state index contributed by atoms with van der Waals surface area (Å²) >= 11 is 0. The molecule has 0 unspecified atom stereocenters. The molecule has 0 aliphatic heterocycles. The van der Waals surface area contributed by atoms with Crippen LogP contribution in [0.25, 0.3) is 22.4 Å². The van der Waals surface area contributed by atoms with Gasteiger partial charge in [0, 0.05) is 10.8 Å². The standard InChI is InChI=1S/C10H6N2O2/c1-2-4-8-7(3-1)5-13-9(8)10-11-6-14-12-10/h1-6H. The van der Waals surface area contributed by atoms with E-state index in [4.69, 9.17) is 4.42 Å². The maximum absolute atomic E-state index is 5.37. The Bertz CT molecular complexity index is 554. The largest absolute Gasteiger partial charge is 0.460 e. The van der Waals surface area contributed by atoms with Gasteiger partial charge in [0.2, 0.25) is 12.2 Å². The predicted octanol–water partition coefficient (Wildman–Crippen LogP) is 2.48. The summed E-state index contributed by atoms with van der Waals surface area (Å²) in [5.41, 5.74) is 0. The van der Waals surface area contributed by atoms with E-state index in [1.807, 2.05) is 24.3 Å². The van der Waals surface area contributed by atoms with Gasteiger partial charge in [-0.25, -0.2) is 0 Å². The van der Waals surface area contributed by atoms with Crippen LogP contribution in [0.5, 0.6) is 0 Å².